The van der Waals surface area contributed by atoms with Crippen molar-refractivity contribution in [2.75, 3.05) is 7.11 Å². The molecule has 0 atom stereocenters. The van der Waals surface area contributed by atoms with E-state index < -0.39 is 0 Å². The highest BCUT2D eigenvalue weighted by atomic mass is 32.2. The minimum atomic E-state index is -0.304. The average Bonchev–Trinajstić information content (AvgIpc) is 2.80. The third-order valence-electron chi connectivity index (χ3n) is 4.87. The van der Waals surface area contributed by atoms with Crippen molar-refractivity contribution in [3.8, 4) is 34.2 Å². The van der Waals surface area contributed by atoms with E-state index in [1.165, 1.54) is 23.9 Å². The summed E-state index contributed by atoms with van der Waals surface area (Å²) >= 11 is 1.44. The zero-order valence-electron chi connectivity index (χ0n) is 17.1. The molecule has 0 aliphatic heterocycles. The quantitative estimate of drug-likeness (QED) is 0.348. The summed E-state index contributed by atoms with van der Waals surface area (Å²) in [6.45, 7) is 2.03. The molecule has 0 fully saturated rings. The van der Waals surface area contributed by atoms with Gasteiger partial charge in [0.25, 0.3) is 0 Å². The van der Waals surface area contributed by atoms with Crippen molar-refractivity contribution in [2.45, 2.75) is 16.8 Å². The van der Waals surface area contributed by atoms with Gasteiger partial charge in [0.05, 0.1) is 18.4 Å². The van der Waals surface area contributed by atoms with Gasteiger partial charge in [-0.2, -0.15) is 5.26 Å². The first-order valence-electron chi connectivity index (χ1n) is 9.67. The number of nitrogens with zero attached hydrogens (tertiary/aromatic N) is 2. The zero-order valence-corrected chi connectivity index (χ0v) is 17.9. The molecule has 0 saturated carbocycles. The number of aromatic nitrogens is 1. The third-order valence-corrected chi connectivity index (χ3v) is 5.87. The number of methoxy groups -OCH3 is 1. The Morgan fingerprint density at radius 2 is 1.55 bits per heavy atom. The molecule has 0 spiro atoms. The molecule has 0 aliphatic carbocycles. The van der Waals surface area contributed by atoms with Crippen molar-refractivity contribution in [2.24, 2.45) is 0 Å². The topological polar surface area (TPSA) is 45.9 Å². The summed E-state index contributed by atoms with van der Waals surface area (Å²) in [6.07, 6.45) is 0. The van der Waals surface area contributed by atoms with E-state index in [2.05, 4.69) is 6.07 Å². The van der Waals surface area contributed by atoms with Crippen LogP contribution >= 0.6 is 11.8 Å². The number of nitriles is 1. The molecule has 3 aromatic carbocycles. The molecule has 4 rings (SSSR count). The fourth-order valence-corrected chi connectivity index (χ4v) is 4.09. The maximum Gasteiger partial charge on any atom is 0.123 e. The fraction of sp³-hybridized carbons (Fsp3) is 0.0769. The maximum atomic E-state index is 13.5. The van der Waals surface area contributed by atoms with Crippen LogP contribution in [0.15, 0.2) is 88.8 Å². The van der Waals surface area contributed by atoms with Gasteiger partial charge in [0.2, 0.25) is 0 Å². The molecule has 0 aliphatic rings. The number of ether oxygens (including phenoxy) is 1. The molecule has 1 heterocycles. The summed E-state index contributed by atoms with van der Waals surface area (Å²) < 4.78 is 18.7. The summed E-state index contributed by atoms with van der Waals surface area (Å²) in [5, 5.41) is 10.6. The number of hydrogen-bond donors (Lipinski definition) is 0. The van der Waals surface area contributed by atoms with Gasteiger partial charge in [0.1, 0.15) is 22.7 Å². The van der Waals surface area contributed by atoms with Gasteiger partial charge in [0, 0.05) is 16.0 Å². The standard InChI is InChI=1S/C26H19FN2OS/c1-17-3-13-22(14-4-17)31-26-24(16-28)23(18-7-11-21(30-2)12-8-18)15-25(29-26)19-5-9-20(27)10-6-19/h3-15H,1-2H3. The third kappa shape index (κ3) is 4.60. The summed E-state index contributed by atoms with van der Waals surface area (Å²) in [7, 11) is 1.62. The molecule has 0 bridgehead atoms. The molecule has 4 aromatic rings. The van der Waals surface area contributed by atoms with Gasteiger partial charge < -0.3 is 4.74 Å². The lowest BCUT2D eigenvalue weighted by atomic mass is 9.99. The van der Waals surface area contributed by atoms with Gasteiger partial charge in [-0.1, -0.05) is 41.6 Å². The molecular weight excluding hydrogens is 407 g/mol. The van der Waals surface area contributed by atoms with E-state index in [0.717, 1.165) is 32.9 Å². The normalized spacial score (nSPS) is 10.5. The Labute approximate surface area is 185 Å². The Hall–Kier alpha value is -3.62. The first-order valence-corrected chi connectivity index (χ1v) is 10.5. The first kappa shape index (κ1) is 20.6. The van der Waals surface area contributed by atoms with E-state index in [0.29, 0.717) is 16.3 Å². The minimum absolute atomic E-state index is 0.304. The van der Waals surface area contributed by atoms with Crippen LogP contribution < -0.4 is 4.74 Å². The molecule has 5 heteroatoms. The van der Waals surface area contributed by atoms with E-state index in [1.54, 1.807) is 19.2 Å². The van der Waals surface area contributed by atoms with Crippen LogP contribution in [0.3, 0.4) is 0 Å². The van der Waals surface area contributed by atoms with Crippen LogP contribution in [-0.4, -0.2) is 12.1 Å². The van der Waals surface area contributed by atoms with Gasteiger partial charge in [-0.15, -0.1) is 0 Å². The highest BCUT2D eigenvalue weighted by Crippen LogP contribution is 2.37. The van der Waals surface area contributed by atoms with Gasteiger partial charge in [0.15, 0.2) is 0 Å². The van der Waals surface area contributed by atoms with Crippen LogP contribution in [0.1, 0.15) is 11.1 Å². The van der Waals surface area contributed by atoms with Crippen LogP contribution in [0.4, 0.5) is 4.39 Å². The monoisotopic (exact) mass is 426 g/mol. The molecule has 0 N–H and O–H groups in total. The molecule has 152 valence electrons. The van der Waals surface area contributed by atoms with Gasteiger partial charge in [-0.25, -0.2) is 9.37 Å². The number of hydrogen-bond acceptors (Lipinski definition) is 4. The van der Waals surface area contributed by atoms with E-state index in [4.69, 9.17) is 9.72 Å². The average molecular weight is 427 g/mol. The lowest BCUT2D eigenvalue weighted by Gasteiger charge is -2.13. The molecule has 3 nitrogen and oxygen atoms in total. The van der Waals surface area contributed by atoms with Crippen LogP contribution in [-0.2, 0) is 0 Å². The van der Waals surface area contributed by atoms with Crippen LogP contribution in [0.2, 0.25) is 0 Å². The van der Waals surface area contributed by atoms with Gasteiger partial charge in [-0.05, 0) is 67.1 Å². The molecule has 0 saturated heterocycles. The lowest BCUT2D eigenvalue weighted by molar-refractivity contribution is 0.415. The van der Waals surface area contributed by atoms with Gasteiger partial charge in [-0.3, -0.25) is 0 Å². The highest BCUT2D eigenvalue weighted by molar-refractivity contribution is 7.99. The lowest BCUT2D eigenvalue weighted by Crippen LogP contribution is -1.96. The summed E-state index contributed by atoms with van der Waals surface area (Å²) in [4.78, 5) is 5.77. The molecule has 0 radical (unpaired) electrons. The summed E-state index contributed by atoms with van der Waals surface area (Å²) in [5.74, 6) is 0.436. The zero-order chi connectivity index (χ0) is 21.8. The van der Waals surface area contributed by atoms with Crippen LogP contribution in [0, 0.1) is 24.1 Å². The SMILES string of the molecule is COc1ccc(-c2cc(-c3ccc(F)cc3)nc(Sc3ccc(C)cc3)c2C#N)cc1. The second kappa shape index (κ2) is 9.03. The van der Waals surface area contributed by atoms with E-state index in [9.17, 15) is 9.65 Å². The molecule has 0 unspecified atom stereocenters. The number of benzene rings is 3. The van der Waals surface area contributed by atoms with Crippen LogP contribution in [0.25, 0.3) is 22.4 Å². The predicted octanol–water partition coefficient (Wildman–Crippen LogP) is 6.89. The Morgan fingerprint density at radius 3 is 2.16 bits per heavy atom. The molecule has 0 amide bonds. The predicted molar refractivity (Wildman–Crippen MR) is 122 cm³/mol. The van der Waals surface area contributed by atoms with Crippen molar-refractivity contribution in [3.63, 3.8) is 0 Å². The second-order valence-corrected chi connectivity index (χ2v) is 8.06. The molecule has 1 aromatic heterocycles. The Kier molecular flexibility index (Phi) is 6.01. The Bertz CT molecular complexity index is 1250. The Morgan fingerprint density at radius 1 is 0.903 bits per heavy atom. The highest BCUT2D eigenvalue weighted by Gasteiger charge is 2.17. The number of pyridine rings is 1. The molecule has 31 heavy (non-hydrogen) atoms. The van der Waals surface area contributed by atoms with Crippen molar-refractivity contribution >= 4 is 11.8 Å². The van der Waals surface area contributed by atoms with Gasteiger partial charge >= 0.3 is 0 Å². The number of rotatable bonds is 5. The van der Waals surface area contributed by atoms with Crippen molar-refractivity contribution in [1.29, 1.82) is 5.26 Å². The largest absolute Gasteiger partial charge is 0.497 e. The van der Waals surface area contributed by atoms with Crippen molar-refractivity contribution in [1.82, 2.24) is 4.98 Å². The second-order valence-electron chi connectivity index (χ2n) is 7.00. The van der Waals surface area contributed by atoms with Crippen molar-refractivity contribution in [3.05, 3.63) is 95.8 Å². The van der Waals surface area contributed by atoms with E-state index in [-0.39, 0.29) is 5.82 Å². The fourth-order valence-electron chi connectivity index (χ4n) is 3.19. The van der Waals surface area contributed by atoms with Crippen molar-refractivity contribution < 1.29 is 9.13 Å². The smallest absolute Gasteiger partial charge is 0.123 e. The van der Waals surface area contributed by atoms with E-state index in [1.807, 2.05) is 61.5 Å². The van der Waals surface area contributed by atoms with E-state index >= 15 is 0 Å². The van der Waals surface area contributed by atoms with Crippen LogP contribution in [0.5, 0.6) is 5.75 Å². The Balaban J connectivity index is 1.88. The molecular formula is C26H19FN2OS. The number of halogens is 1. The summed E-state index contributed by atoms with van der Waals surface area (Å²) in [5.41, 5.74) is 4.78. The minimum Gasteiger partial charge on any atom is -0.497 e. The number of aryl methyl sites for hydroxylation is 1. The summed E-state index contributed by atoms with van der Waals surface area (Å²) in [6, 6.07) is 26.1. The maximum absolute atomic E-state index is 13.5. The first-order chi connectivity index (χ1) is 15.1.